The summed E-state index contributed by atoms with van der Waals surface area (Å²) in [5, 5.41) is 11.4. The van der Waals surface area contributed by atoms with E-state index in [4.69, 9.17) is 23.2 Å². The molecule has 2 unspecified atom stereocenters. The van der Waals surface area contributed by atoms with Crippen LogP contribution in [0.2, 0.25) is 0 Å². The Hall–Kier alpha value is -5.78. The quantitative estimate of drug-likeness (QED) is 0.175. The van der Waals surface area contributed by atoms with Crippen LogP contribution in [0.4, 0.5) is 0 Å². The Bertz CT molecular complexity index is 2650. The molecular formula is C69H116Cl2N12O12. The van der Waals surface area contributed by atoms with E-state index in [1.54, 1.807) is 11.8 Å². The molecule has 2 saturated heterocycles. The van der Waals surface area contributed by atoms with Crippen LogP contribution < -0.4 is 21.3 Å². The lowest BCUT2D eigenvalue weighted by molar-refractivity contribution is -0.151. The van der Waals surface area contributed by atoms with Gasteiger partial charge in [-0.05, 0) is 126 Å². The number of likely N-dealkylation sites (N-methyl/N-ethyl adjacent to an activating group) is 7. The van der Waals surface area contributed by atoms with Gasteiger partial charge in [0.1, 0.15) is 48.3 Å². The molecule has 4 N–H and O–H groups in total. The maximum absolute atomic E-state index is 15.5. The van der Waals surface area contributed by atoms with Crippen LogP contribution in [0.3, 0.4) is 0 Å². The van der Waals surface area contributed by atoms with Crippen molar-refractivity contribution in [3.05, 3.63) is 0 Å². The summed E-state index contributed by atoms with van der Waals surface area (Å²) >= 11 is 13.2. The number of amides is 12. The number of hydrogen-bond acceptors (Lipinski definition) is 12. The highest BCUT2D eigenvalue weighted by atomic mass is 35.5. The van der Waals surface area contributed by atoms with Crippen LogP contribution in [-0.2, 0) is 57.5 Å². The lowest BCUT2D eigenvalue weighted by Crippen LogP contribution is -2.61. The number of likely N-dealkylation sites (tertiary alicyclic amines) is 1. The van der Waals surface area contributed by atoms with E-state index in [1.807, 2.05) is 34.6 Å². The third-order valence-corrected chi connectivity index (χ3v) is 21.6. The van der Waals surface area contributed by atoms with Crippen LogP contribution >= 0.6 is 23.2 Å². The monoisotopic (exact) mass is 1370 g/mol. The fraction of sp³-hybridized carbons (Fsp3) is 0.826. The molecule has 538 valence electrons. The Morgan fingerprint density at radius 1 is 0.474 bits per heavy atom. The fourth-order valence-corrected chi connectivity index (χ4v) is 14.9. The highest BCUT2D eigenvalue weighted by Gasteiger charge is 2.43. The number of carbonyl (C=O) groups excluding carboxylic acids is 12. The third-order valence-electron chi connectivity index (χ3n) is 20.8. The molecule has 11 atom stereocenters. The first-order chi connectivity index (χ1) is 44.7. The zero-order valence-electron chi connectivity index (χ0n) is 59.6. The van der Waals surface area contributed by atoms with Gasteiger partial charge in [-0.15, -0.1) is 23.2 Å². The fourth-order valence-electron chi connectivity index (χ4n) is 14.2. The molecule has 2 aliphatic heterocycles. The summed E-state index contributed by atoms with van der Waals surface area (Å²) in [4.78, 5) is 187. The van der Waals surface area contributed by atoms with Crippen LogP contribution in [0.15, 0.2) is 0 Å². The van der Waals surface area contributed by atoms with E-state index in [0.29, 0.717) is 64.5 Å². The summed E-state index contributed by atoms with van der Waals surface area (Å²) in [5.41, 5.74) is 0. The van der Waals surface area contributed by atoms with Crippen molar-refractivity contribution < 1.29 is 57.5 Å². The zero-order valence-corrected chi connectivity index (χ0v) is 61.1. The van der Waals surface area contributed by atoms with Gasteiger partial charge in [-0.1, -0.05) is 92.9 Å². The molecule has 12 amide bonds. The minimum atomic E-state index is -1.42. The van der Waals surface area contributed by atoms with E-state index in [-0.39, 0.29) is 72.4 Å². The lowest BCUT2D eigenvalue weighted by atomic mass is 9.83. The highest BCUT2D eigenvalue weighted by molar-refractivity contribution is 6.20. The van der Waals surface area contributed by atoms with Gasteiger partial charge in [0.2, 0.25) is 70.9 Å². The van der Waals surface area contributed by atoms with Crippen LogP contribution in [0.5, 0.6) is 0 Å². The summed E-state index contributed by atoms with van der Waals surface area (Å²) in [6.07, 6.45) is 12.5. The normalized spacial score (nSPS) is 30.2. The second-order valence-electron chi connectivity index (χ2n) is 29.3. The predicted molar refractivity (Wildman–Crippen MR) is 365 cm³/mol. The topological polar surface area (TPSA) is 279 Å². The molecule has 5 rings (SSSR count). The number of nitrogens with zero attached hydrogens (tertiary/aromatic N) is 8. The van der Waals surface area contributed by atoms with E-state index < -0.39 is 151 Å². The van der Waals surface area contributed by atoms with Gasteiger partial charge in [-0.3, -0.25) is 57.5 Å². The second-order valence-corrected chi connectivity index (χ2v) is 30.6. The minimum Gasteiger partial charge on any atom is -0.343 e. The van der Waals surface area contributed by atoms with Gasteiger partial charge < -0.3 is 60.5 Å². The van der Waals surface area contributed by atoms with Crippen molar-refractivity contribution in [2.75, 3.05) is 82.1 Å². The van der Waals surface area contributed by atoms with Crippen molar-refractivity contribution in [1.29, 1.82) is 0 Å². The SMILES string of the molecule is CC[C@H](C)[C@@H]1NC(=O)[C@H](C)N(C)C(=O)C[C@@H](C(=O)N2CCCC2)NC(=O)[C@H](CC(C)C)N(C)C(=O)[C@H](CC2CCCCC2)N(C)C(=O)[C@H](CC(C)C)NC(=O)[C@H](CC2CCCC(Cl)C2)NC(=O)CN(C)C(=O)[C@H](CC2CCC(Cl)CC2)N(C)C(=O)CN(C)C(=O)CN(C)C1=O. The largest absolute Gasteiger partial charge is 0.343 e. The summed E-state index contributed by atoms with van der Waals surface area (Å²) < 4.78 is 0. The molecule has 0 aromatic rings. The number of carbonyl (C=O) groups is 12. The summed E-state index contributed by atoms with van der Waals surface area (Å²) in [6, 6.07) is -9.56. The summed E-state index contributed by atoms with van der Waals surface area (Å²) in [6.45, 7) is 11.9. The average molecular weight is 1380 g/mol. The van der Waals surface area contributed by atoms with E-state index in [9.17, 15) is 38.4 Å². The van der Waals surface area contributed by atoms with Crippen molar-refractivity contribution in [2.24, 2.45) is 35.5 Å². The number of hydrogen-bond donors (Lipinski definition) is 4. The van der Waals surface area contributed by atoms with Gasteiger partial charge in [0.15, 0.2) is 0 Å². The maximum Gasteiger partial charge on any atom is 0.245 e. The first-order valence-corrected chi connectivity index (χ1v) is 36.2. The van der Waals surface area contributed by atoms with Crippen molar-refractivity contribution in [3.8, 4) is 0 Å². The Balaban J connectivity index is 1.60. The second kappa shape index (κ2) is 37.8. The zero-order chi connectivity index (χ0) is 70.7. The molecule has 0 spiro atoms. The third kappa shape index (κ3) is 23.5. The van der Waals surface area contributed by atoms with Crippen molar-refractivity contribution in [2.45, 2.75) is 249 Å². The van der Waals surface area contributed by atoms with E-state index in [0.717, 1.165) is 66.1 Å². The highest BCUT2D eigenvalue weighted by Crippen LogP contribution is 2.34. The van der Waals surface area contributed by atoms with Gasteiger partial charge in [0.25, 0.3) is 0 Å². The van der Waals surface area contributed by atoms with Crippen LogP contribution in [-0.4, -0.2) is 251 Å². The first-order valence-electron chi connectivity index (χ1n) is 35.3. The predicted octanol–water partition coefficient (Wildman–Crippen LogP) is 5.14. The van der Waals surface area contributed by atoms with Crippen LogP contribution in [0.1, 0.15) is 190 Å². The Labute approximate surface area is 575 Å². The van der Waals surface area contributed by atoms with Gasteiger partial charge in [-0.25, -0.2) is 0 Å². The molecule has 0 bridgehead atoms. The number of nitrogens with one attached hydrogen (secondary N) is 4. The van der Waals surface area contributed by atoms with Gasteiger partial charge in [-0.2, -0.15) is 0 Å². The Kier molecular flexibility index (Phi) is 31.8. The number of rotatable bonds is 13. The molecular weight excluding hydrogens is 1260 g/mol. The number of alkyl halides is 2. The molecule has 0 aromatic heterocycles. The van der Waals surface area contributed by atoms with E-state index in [1.165, 1.54) is 75.9 Å². The molecule has 5 aliphatic rings. The molecule has 2 heterocycles. The molecule has 95 heavy (non-hydrogen) atoms. The average Bonchev–Trinajstić information content (AvgIpc) is 1.06. The van der Waals surface area contributed by atoms with E-state index >= 15 is 19.2 Å². The minimum absolute atomic E-state index is 0.00787. The van der Waals surface area contributed by atoms with Crippen LogP contribution in [0.25, 0.3) is 0 Å². The Morgan fingerprint density at radius 2 is 1.03 bits per heavy atom. The molecule has 0 aromatic carbocycles. The van der Waals surface area contributed by atoms with Gasteiger partial charge in [0, 0.05) is 73.2 Å². The molecule has 26 heteroatoms. The molecule has 3 saturated carbocycles. The maximum atomic E-state index is 15.5. The summed E-state index contributed by atoms with van der Waals surface area (Å²) in [7, 11) is 10.2. The van der Waals surface area contributed by atoms with E-state index in [2.05, 4.69) is 21.3 Å². The van der Waals surface area contributed by atoms with Crippen LogP contribution in [0, 0.1) is 35.5 Å². The number of halogens is 2. The Morgan fingerprint density at radius 3 is 1.62 bits per heavy atom. The first kappa shape index (κ1) is 79.9. The lowest BCUT2D eigenvalue weighted by Gasteiger charge is -2.39. The molecule has 5 fully saturated rings. The standard InChI is InChI=1S/C69H116Cl2N12O12/c1-15-44(6)61-69(95)78(10)40-59(86)76(8)41-60(87)80(12)55(37-47-26-28-49(70)29-27-47)67(93)77(9)39-57(84)72-51(35-48-24-21-25-50(71)34-48)63(89)73-52(32-42(2)3)65(91)82(14)56(36-46-22-17-16-18-23-46)68(94)81(13)54(33-43(4)5)64(90)74-53(66(92)83-30-19-20-31-83)38-58(85)79(11)45(7)62(88)75-61/h42-56,61H,15-41H2,1-14H3,(H,72,84)(H,73,89)(H,74,90)(H,75,88)/t44-,45-,47?,48?,49?,50?,51-,52-,53-,54-,55-,56-,61-/m0/s1. The van der Waals surface area contributed by atoms with Gasteiger partial charge in [0.05, 0.1) is 26.1 Å². The smallest absolute Gasteiger partial charge is 0.245 e. The van der Waals surface area contributed by atoms with Crippen molar-refractivity contribution in [1.82, 2.24) is 60.5 Å². The molecule has 3 aliphatic carbocycles. The molecule has 0 radical (unpaired) electrons. The van der Waals surface area contributed by atoms with Crippen molar-refractivity contribution >= 4 is 94.1 Å². The van der Waals surface area contributed by atoms with Crippen molar-refractivity contribution in [3.63, 3.8) is 0 Å². The molecule has 24 nitrogen and oxygen atoms in total. The summed E-state index contributed by atoms with van der Waals surface area (Å²) in [5.74, 6) is -8.20. The van der Waals surface area contributed by atoms with Gasteiger partial charge >= 0.3 is 0 Å².